The van der Waals surface area contributed by atoms with E-state index in [1.807, 2.05) is 0 Å². The highest BCUT2D eigenvalue weighted by Gasteiger charge is 2.08. The Morgan fingerprint density at radius 1 is 1.29 bits per heavy atom. The number of anilines is 1. The van der Waals surface area contributed by atoms with E-state index < -0.39 is 12.1 Å². The van der Waals surface area contributed by atoms with Crippen LogP contribution < -0.4 is 15.4 Å². The van der Waals surface area contributed by atoms with Gasteiger partial charge in [-0.25, -0.2) is 9.18 Å². The molecule has 0 saturated heterocycles. The van der Waals surface area contributed by atoms with Crippen molar-refractivity contribution in [3.8, 4) is 18.1 Å². The molecule has 2 rings (SSSR count). The number of aliphatic hydroxyl groups is 1. The molecule has 0 fully saturated rings. The minimum absolute atomic E-state index is 0.00184. The first-order valence-corrected chi connectivity index (χ1v) is 7.25. The summed E-state index contributed by atoms with van der Waals surface area (Å²) in [4.78, 5) is 11.8. The van der Waals surface area contributed by atoms with Crippen molar-refractivity contribution >= 4 is 11.7 Å². The standard InChI is InChI=1S/C18H17FN2O3/c1-2-13-4-3-5-15(10-13)21-18(23)20-11-16(22)12-24-17-8-6-14(19)7-9-17/h1,3-10,16,22H,11-12H2,(H2,20,21,23). The maximum absolute atomic E-state index is 12.8. The Bertz CT molecular complexity index is 726. The lowest BCUT2D eigenvalue weighted by atomic mass is 10.2. The minimum Gasteiger partial charge on any atom is -0.491 e. The summed E-state index contributed by atoms with van der Waals surface area (Å²) in [6.07, 6.45) is 4.39. The summed E-state index contributed by atoms with van der Waals surface area (Å²) in [6, 6.07) is 11.8. The zero-order chi connectivity index (χ0) is 17.4. The molecule has 0 bridgehead atoms. The Kier molecular flexibility index (Phi) is 6.17. The van der Waals surface area contributed by atoms with Gasteiger partial charge >= 0.3 is 6.03 Å². The number of carbonyl (C=O) groups is 1. The number of aliphatic hydroxyl groups excluding tert-OH is 1. The average Bonchev–Trinajstić information content (AvgIpc) is 2.59. The van der Waals surface area contributed by atoms with Crippen LogP contribution in [-0.2, 0) is 0 Å². The maximum Gasteiger partial charge on any atom is 0.319 e. The molecule has 1 unspecified atom stereocenters. The van der Waals surface area contributed by atoms with Gasteiger partial charge in [0, 0.05) is 17.8 Å². The second-order valence-corrected chi connectivity index (χ2v) is 4.98. The predicted octanol–water partition coefficient (Wildman–Crippen LogP) is 2.37. The van der Waals surface area contributed by atoms with E-state index in [4.69, 9.17) is 11.2 Å². The molecular weight excluding hydrogens is 311 g/mol. The van der Waals surface area contributed by atoms with Gasteiger partial charge in [0.15, 0.2) is 0 Å². The number of carbonyl (C=O) groups excluding carboxylic acids is 1. The zero-order valence-electron chi connectivity index (χ0n) is 12.8. The number of terminal acetylenes is 1. The van der Waals surface area contributed by atoms with Crippen LogP contribution in [-0.4, -0.2) is 30.4 Å². The van der Waals surface area contributed by atoms with Crippen LogP contribution in [0.2, 0.25) is 0 Å². The summed E-state index contributed by atoms with van der Waals surface area (Å²) >= 11 is 0. The number of ether oxygens (including phenoxy) is 1. The monoisotopic (exact) mass is 328 g/mol. The number of nitrogens with one attached hydrogen (secondary N) is 2. The molecule has 0 heterocycles. The first-order chi connectivity index (χ1) is 11.6. The Hall–Kier alpha value is -3.04. The quantitative estimate of drug-likeness (QED) is 0.713. The van der Waals surface area contributed by atoms with Crippen LogP contribution in [0.25, 0.3) is 0 Å². The molecule has 0 aliphatic carbocycles. The SMILES string of the molecule is C#Cc1cccc(NC(=O)NCC(O)COc2ccc(F)cc2)c1. The van der Waals surface area contributed by atoms with Gasteiger partial charge in [-0.2, -0.15) is 0 Å². The second-order valence-electron chi connectivity index (χ2n) is 4.98. The normalized spacial score (nSPS) is 11.2. The van der Waals surface area contributed by atoms with Gasteiger partial charge < -0.3 is 20.5 Å². The Balaban J connectivity index is 1.72. The van der Waals surface area contributed by atoms with Crippen LogP contribution in [0.15, 0.2) is 48.5 Å². The molecule has 1 atom stereocenters. The van der Waals surface area contributed by atoms with E-state index in [0.717, 1.165) is 0 Å². The molecule has 0 spiro atoms. The van der Waals surface area contributed by atoms with Gasteiger partial charge in [-0.15, -0.1) is 6.42 Å². The summed E-state index contributed by atoms with van der Waals surface area (Å²) < 4.78 is 18.0. The van der Waals surface area contributed by atoms with Crippen molar-refractivity contribution in [2.45, 2.75) is 6.10 Å². The van der Waals surface area contributed by atoms with Crippen molar-refractivity contribution in [1.29, 1.82) is 0 Å². The van der Waals surface area contributed by atoms with E-state index in [1.165, 1.54) is 24.3 Å². The van der Waals surface area contributed by atoms with Gasteiger partial charge in [0.05, 0.1) is 0 Å². The van der Waals surface area contributed by atoms with Gasteiger partial charge in [-0.05, 0) is 42.5 Å². The van der Waals surface area contributed by atoms with Crippen LogP contribution in [0.4, 0.5) is 14.9 Å². The Labute approximate surface area is 139 Å². The van der Waals surface area contributed by atoms with E-state index in [9.17, 15) is 14.3 Å². The summed E-state index contributed by atoms with van der Waals surface area (Å²) in [5.41, 5.74) is 1.21. The Morgan fingerprint density at radius 3 is 2.75 bits per heavy atom. The molecule has 2 aromatic carbocycles. The Morgan fingerprint density at radius 2 is 2.04 bits per heavy atom. The van der Waals surface area contributed by atoms with Crippen molar-refractivity contribution < 1.29 is 19.0 Å². The number of hydrogen-bond acceptors (Lipinski definition) is 3. The van der Waals surface area contributed by atoms with Gasteiger partial charge in [0.25, 0.3) is 0 Å². The van der Waals surface area contributed by atoms with Gasteiger partial charge in [0.1, 0.15) is 24.3 Å². The minimum atomic E-state index is -0.905. The number of amides is 2. The van der Waals surface area contributed by atoms with Crippen molar-refractivity contribution in [2.75, 3.05) is 18.5 Å². The average molecular weight is 328 g/mol. The van der Waals surface area contributed by atoms with E-state index in [-0.39, 0.29) is 19.0 Å². The third-order valence-electron chi connectivity index (χ3n) is 3.04. The fraction of sp³-hybridized carbons (Fsp3) is 0.167. The molecule has 0 saturated carbocycles. The number of urea groups is 1. The lowest BCUT2D eigenvalue weighted by Crippen LogP contribution is -2.37. The van der Waals surface area contributed by atoms with Crippen LogP contribution in [0.1, 0.15) is 5.56 Å². The van der Waals surface area contributed by atoms with E-state index in [0.29, 0.717) is 17.0 Å². The number of halogens is 1. The largest absolute Gasteiger partial charge is 0.491 e. The van der Waals surface area contributed by atoms with Crippen LogP contribution in [0.5, 0.6) is 5.75 Å². The van der Waals surface area contributed by atoms with Crippen molar-refractivity contribution in [1.82, 2.24) is 5.32 Å². The number of benzene rings is 2. The van der Waals surface area contributed by atoms with Crippen LogP contribution >= 0.6 is 0 Å². The molecule has 0 radical (unpaired) electrons. The summed E-state index contributed by atoms with van der Waals surface area (Å²) in [5.74, 6) is 2.55. The first-order valence-electron chi connectivity index (χ1n) is 7.25. The molecule has 3 N–H and O–H groups in total. The topological polar surface area (TPSA) is 70.6 Å². The molecule has 0 aliphatic heterocycles. The fourth-order valence-electron chi connectivity index (χ4n) is 1.85. The lowest BCUT2D eigenvalue weighted by Gasteiger charge is -2.14. The lowest BCUT2D eigenvalue weighted by molar-refractivity contribution is 0.108. The third kappa shape index (κ3) is 5.63. The van der Waals surface area contributed by atoms with Crippen molar-refractivity contribution in [3.63, 3.8) is 0 Å². The second kappa shape index (κ2) is 8.56. The van der Waals surface area contributed by atoms with Gasteiger partial charge in [-0.3, -0.25) is 0 Å². The molecule has 2 aromatic rings. The summed E-state index contributed by atoms with van der Waals surface area (Å²) in [5, 5.41) is 14.9. The van der Waals surface area contributed by atoms with Gasteiger partial charge in [-0.1, -0.05) is 12.0 Å². The molecule has 0 aromatic heterocycles. The van der Waals surface area contributed by atoms with Crippen molar-refractivity contribution in [2.24, 2.45) is 0 Å². The number of rotatable bonds is 6. The van der Waals surface area contributed by atoms with Gasteiger partial charge in [0.2, 0.25) is 0 Å². The summed E-state index contributed by atoms with van der Waals surface area (Å²) in [7, 11) is 0. The van der Waals surface area contributed by atoms with E-state index >= 15 is 0 Å². The van der Waals surface area contributed by atoms with E-state index in [1.54, 1.807) is 24.3 Å². The molecule has 2 amide bonds. The highest BCUT2D eigenvalue weighted by atomic mass is 19.1. The van der Waals surface area contributed by atoms with E-state index in [2.05, 4.69) is 16.6 Å². The molecule has 124 valence electrons. The third-order valence-corrected chi connectivity index (χ3v) is 3.04. The first kappa shape index (κ1) is 17.3. The molecule has 24 heavy (non-hydrogen) atoms. The van der Waals surface area contributed by atoms with Crippen LogP contribution in [0.3, 0.4) is 0 Å². The highest BCUT2D eigenvalue weighted by Crippen LogP contribution is 2.11. The zero-order valence-corrected chi connectivity index (χ0v) is 12.8. The molecule has 6 heteroatoms. The number of hydrogen-bond donors (Lipinski definition) is 3. The molecular formula is C18H17FN2O3. The highest BCUT2D eigenvalue weighted by molar-refractivity contribution is 5.89. The van der Waals surface area contributed by atoms with Crippen LogP contribution in [0, 0.1) is 18.2 Å². The molecule has 0 aliphatic rings. The maximum atomic E-state index is 12.8. The fourth-order valence-corrected chi connectivity index (χ4v) is 1.85. The smallest absolute Gasteiger partial charge is 0.319 e. The predicted molar refractivity (Wildman–Crippen MR) is 89.3 cm³/mol. The summed E-state index contributed by atoms with van der Waals surface area (Å²) in [6.45, 7) is -0.0274. The molecule has 5 nitrogen and oxygen atoms in total. The van der Waals surface area contributed by atoms with Crippen molar-refractivity contribution in [3.05, 3.63) is 59.9 Å².